The Hall–Kier alpha value is -1.46. The van der Waals surface area contributed by atoms with Gasteiger partial charge >= 0.3 is 6.61 Å². The summed E-state index contributed by atoms with van der Waals surface area (Å²) in [6.07, 6.45) is 0. The van der Waals surface area contributed by atoms with Gasteiger partial charge in [0.05, 0.1) is 6.04 Å². The number of alkyl halides is 2. The molecule has 0 bridgehead atoms. The fourth-order valence-electron chi connectivity index (χ4n) is 1.83. The minimum absolute atomic E-state index is 0.139. The van der Waals surface area contributed by atoms with Gasteiger partial charge in [-0.25, -0.2) is 0 Å². The summed E-state index contributed by atoms with van der Waals surface area (Å²) >= 11 is 1.57. The van der Waals surface area contributed by atoms with Crippen molar-refractivity contribution < 1.29 is 13.5 Å². The number of nitrogens with one attached hydrogen (secondary N) is 1. The van der Waals surface area contributed by atoms with E-state index in [1.54, 1.807) is 36.6 Å². The van der Waals surface area contributed by atoms with Gasteiger partial charge in [0.25, 0.3) is 0 Å². The van der Waals surface area contributed by atoms with Crippen LogP contribution in [0.25, 0.3) is 0 Å². The van der Waals surface area contributed by atoms with Gasteiger partial charge in [-0.3, -0.25) is 0 Å². The molecular formula is C13H13F2NOS. The van der Waals surface area contributed by atoms with E-state index in [9.17, 15) is 8.78 Å². The number of benzene rings is 1. The maximum atomic E-state index is 12.4. The van der Waals surface area contributed by atoms with Gasteiger partial charge in [0, 0.05) is 10.4 Å². The van der Waals surface area contributed by atoms with E-state index in [4.69, 9.17) is 0 Å². The Kier molecular flexibility index (Phi) is 4.28. The highest BCUT2D eigenvalue weighted by Gasteiger charge is 2.18. The molecule has 0 aliphatic heterocycles. The molecule has 0 spiro atoms. The first-order chi connectivity index (χ1) is 8.72. The summed E-state index contributed by atoms with van der Waals surface area (Å²) in [7, 11) is 1.80. The molecule has 18 heavy (non-hydrogen) atoms. The number of thiophene rings is 1. The number of para-hydroxylation sites is 1. The van der Waals surface area contributed by atoms with Crippen LogP contribution >= 0.6 is 11.3 Å². The maximum Gasteiger partial charge on any atom is 0.387 e. The summed E-state index contributed by atoms with van der Waals surface area (Å²) < 4.78 is 29.3. The normalized spacial score (nSPS) is 12.7. The molecular weight excluding hydrogens is 256 g/mol. The van der Waals surface area contributed by atoms with Crippen molar-refractivity contribution in [3.8, 4) is 5.75 Å². The minimum Gasteiger partial charge on any atom is -0.434 e. The second-order valence-corrected chi connectivity index (χ2v) is 4.63. The smallest absolute Gasteiger partial charge is 0.387 e. The Labute approximate surface area is 108 Å². The van der Waals surface area contributed by atoms with E-state index in [-0.39, 0.29) is 11.8 Å². The standard InChI is InChI=1S/C13H13F2NOS/c1-16-12(11-7-4-8-18-11)9-5-2-3-6-10(9)17-13(14)15/h2-8,12-13,16H,1H3. The van der Waals surface area contributed by atoms with E-state index in [0.29, 0.717) is 5.56 Å². The Morgan fingerprint density at radius 2 is 1.94 bits per heavy atom. The van der Waals surface area contributed by atoms with Gasteiger partial charge in [-0.15, -0.1) is 11.3 Å². The van der Waals surface area contributed by atoms with Crippen LogP contribution in [0, 0.1) is 0 Å². The number of ether oxygens (including phenoxy) is 1. The lowest BCUT2D eigenvalue weighted by molar-refractivity contribution is -0.0506. The summed E-state index contributed by atoms with van der Waals surface area (Å²) in [6.45, 7) is -2.81. The van der Waals surface area contributed by atoms with Gasteiger partial charge in [-0.2, -0.15) is 8.78 Å². The average molecular weight is 269 g/mol. The Bertz CT molecular complexity index is 487. The summed E-state index contributed by atoms with van der Waals surface area (Å²) in [5, 5.41) is 5.07. The molecule has 5 heteroatoms. The van der Waals surface area contributed by atoms with Crippen molar-refractivity contribution in [2.75, 3.05) is 7.05 Å². The molecule has 0 amide bonds. The van der Waals surface area contributed by atoms with E-state index in [1.807, 2.05) is 23.6 Å². The average Bonchev–Trinajstić information content (AvgIpc) is 2.85. The van der Waals surface area contributed by atoms with Crippen LogP contribution in [0.4, 0.5) is 8.78 Å². The van der Waals surface area contributed by atoms with E-state index in [2.05, 4.69) is 10.1 Å². The molecule has 0 radical (unpaired) electrons. The van der Waals surface area contributed by atoms with Crippen molar-refractivity contribution in [1.29, 1.82) is 0 Å². The third-order valence-electron chi connectivity index (χ3n) is 2.56. The Morgan fingerprint density at radius 1 is 1.17 bits per heavy atom. The molecule has 96 valence electrons. The summed E-state index contributed by atoms with van der Waals surface area (Å²) in [5.41, 5.74) is 0.711. The first kappa shape index (κ1) is 13.0. The molecule has 1 N–H and O–H groups in total. The van der Waals surface area contributed by atoms with Crippen LogP contribution in [0.1, 0.15) is 16.5 Å². The molecule has 2 nitrogen and oxygen atoms in total. The van der Waals surface area contributed by atoms with Crippen LogP contribution in [0.5, 0.6) is 5.75 Å². The maximum absolute atomic E-state index is 12.4. The zero-order chi connectivity index (χ0) is 13.0. The predicted octanol–water partition coefficient (Wildman–Crippen LogP) is 3.66. The molecule has 0 saturated heterocycles. The first-order valence-corrected chi connectivity index (χ1v) is 6.34. The Morgan fingerprint density at radius 3 is 2.56 bits per heavy atom. The zero-order valence-electron chi connectivity index (χ0n) is 9.77. The first-order valence-electron chi connectivity index (χ1n) is 5.46. The van der Waals surface area contributed by atoms with Crippen LogP contribution in [0.3, 0.4) is 0 Å². The van der Waals surface area contributed by atoms with Crippen LogP contribution in [-0.2, 0) is 0 Å². The number of rotatable bonds is 5. The molecule has 0 saturated carbocycles. The van der Waals surface area contributed by atoms with Crippen molar-refractivity contribution in [2.24, 2.45) is 0 Å². The second kappa shape index (κ2) is 5.93. The number of halogens is 2. The summed E-state index contributed by atoms with van der Waals surface area (Å²) in [5.74, 6) is 0.209. The van der Waals surface area contributed by atoms with Crippen LogP contribution in [0.2, 0.25) is 0 Å². The molecule has 0 aliphatic rings. The highest BCUT2D eigenvalue weighted by atomic mass is 32.1. The van der Waals surface area contributed by atoms with Crippen molar-refractivity contribution >= 4 is 11.3 Å². The molecule has 0 fully saturated rings. The van der Waals surface area contributed by atoms with Gasteiger partial charge < -0.3 is 10.1 Å². The third-order valence-corrected chi connectivity index (χ3v) is 3.50. The fourth-order valence-corrected chi connectivity index (χ4v) is 2.68. The van der Waals surface area contributed by atoms with Gasteiger partial charge in [-0.05, 0) is 24.6 Å². The largest absolute Gasteiger partial charge is 0.434 e. The van der Waals surface area contributed by atoms with E-state index in [1.165, 1.54) is 0 Å². The van der Waals surface area contributed by atoms with Crippen molar-refractivity contribution in [3.63, 3.8) is 0 Å². The van der Waals surface area contributed by atoms with Crippen molar-refractivity contribution in [1.82, 2.24) is 5.32 Å². The number of hydrogen-bond acceptors (Lipinski definition) is 3. The van der Waals surface area contributed by atoms with E-state index >= 15 is 0 Å². The topological polar surface area (TPSA) is 21.3 Å². The van der Waals surface area contributed by atoms with E-state index in [0.717, 1.165) is 4.88 Å². The predicted molar refractivity (Wildman–Crippen MR) is 68.3 cm³/mol. The van der Waals surface area contributed by atoms with Crippen molar-refractivity contribution in [2.45, 2.75) is 12.7 Å². The molecule has 1 aromatic carbocycles. The van der Waals surface area contributed by atoms with Crippen LogP contribution < -0.4 is 10.1 Å². The summed E-state index contributed by atoms with van der Waals surface area (Å²) in [6, 6.07) is 10.6. The third kappa shape index (κ3) is 2.86. The van der Waals surface area contributed by atoms with Gasteiger partial charge in [0.15, 0.2) is 0 Å². The van der Waals surface area contributed by atoms with E-state index < -0.39 is 6.61 Å². The van der Waals surface area contributed by atoms with Gasteiger partial charge in [0.2, 0.25) is 0 Å². The molecule has 0 aliphatic carbocycles. The fraction of sp³-hybridized carbons (Fsp3) is 0.231. The Balaban J connectivity index is 2.36. The molecule has 2 rings (SSSR count). The molecule has 1 heterocycles. The molecule has 1 atom stereocenters. The highest BCUT2D eigenvalue weighted by molar-refractivity contribution is 7.10. The number of hydrogen-bond donors (Lipinski definition) is 1. The highest BCUT2D eigenvalue weighted by Crippen LogP contribution is 2.32. The quantitative estimate of drug-likeness (QED) is 0.894. The molecule has 1 aromatic heterocycles. The molecule has 2 aromatic rings. The lowest BCUT2D eigenvalue weighted by Crippen LogP contribution is -2.18. The summed E-state index contributed by atoms with van der Waals surface area (Å²) in [4.78, 5) is 1.06. The second-order valence-electron chi connectivity index (χ2n) is 3.65. The minimum atomic E-state index is -2.81. The lowest BCUT2D eigenvalue weighted by Gasteiger charge is -2.18. The van der Waals surface area contributed by atoms with Gasteiger partial charge in [0.1, 0.15) is 5.75 Å². The van der Waals surface area contributed by atoms with Crippen LogP contribution in [0.15, 0.2) is 41.8 Å². The zero-order valence-corrected chi connectivity index (χ0v) is 10.6. The molecule has 1 unspecified atom stereocenters. The van der Waals surface area contributed by atoms with Crippen LogP contribution in [-0.4, -0.2) is 13.7 Å². The van der Waals surface area contributed by atoms with Crippen molar-refractivity contribution in [3.05, 3.63) is 52.2 Å². The van der Waals surface area contributed by atoms with Gasteiger partial charge in [-0.1, -0.05) is 24.3 Å². The lowest BCUT2D eigenvalue weighted by atomic mass is 10.0. The SMILES string of the molecule is CNC(c1cccs1)c1ccccc1OC(F)F. The monoisotopic (exact) mass is 269 g/mol.